The molecule has 0 bridgehead atoms. The number of alkyl halides is 2. The van der Waals surface area contributed by atoms with Crippen molar-refractivity contribution in [2.75, 3.05) is 6.61 Å². The zero-order valence-electron chi connectivity index (χ0n) is 12.7. The zero-order valence-corrected chi connectivity index (χ0v) is 12.7. The van der Waals surface area contributed by atoms with Crippen molar-refractivity contribution in [3.8, 4) is 11.5 Å². The summed E-state index contributed by atoms with van der Waals surface area (Å²) >= 11 is 0. The smallest absolute Gasteiger partial charge is 0.263 e. The quantitative estimate of drug-likeness (QED) is 0.836. The van der Waals surface area contributed by atoms with Crippen molar-refractivity contribution in [3.05, 3.63) is 35.7 Å². The van der Waals surface area contributed by atoms with Crippen LogP contribution in [0.5, 0.6) is 0 Å². The van der Waals surface area contributed by atoms with Gasteiger partial charge in [-0.15, -0.1) is 0 Å². The van der Waals surface area contributed by atoms with Gasteiger partial charge in [-0.1, -0.05) is 17.3 Å². The van der Waals surface area contributed by atoms with Crippen molar-refractivity contribution in [3.63, 3.8) is 0 Å². The lowest BCUT2D eigenvalue weighted by Gasteiger charge is -2.46. The molecule has 2 aliphatic rings. The second-order valence-electron chi connectivity index (χ2n) is 6.46. The van der Waals surface area contributed by atoms with Gasteiger partial charge in [0.25, 0.3) is 12.3 Å². The van der Waals surface area contributed by atoms with E-state index in [0.29, 0.717) is 17.3 Å². The van der Waals surface area contributed by atoms with Crippen molar-refractivity contribution in [2.24, 2.45) is 0 Å². The molecule has 2 aromatic rings. The minimum Gasteiger partial charge on any atom is -0.375 e. The number of hydrogen-bond acceptors (Lipinski definition) is 4. The Morgan fingerprint density at radius 1 is 1.17 bits per heavy atom. The van der Waals surface area contributed by atoms with Crippen molar-refractivity contribution in [2.45, 2.75) is 50.0 Å². The molecule has 1 aromatic heterocycles. The van der Waals surface area contributed by atoms with Crippen LogP contribution in [0.25, 0.3) is 11.5 Å². The molecule has 4 nitrogen and oxygen atoms in total. The molecular weight excluding hydrogens is 302 g/mol. The molecule has 0 amide bonds. The number of rotatable bonds is 3. The molecule has 1 aliphatic carbocycles. The van der Waals surface area contributed by atoms with Crippen LogP contribution in [0.1, 0.15) is 55.8 Å². The predicted molar refractivity (Wildman–Crippen MR) is 79.2 cm³/mol. The van der Waals surface area contributed by atoms with E-state index >= 15 is 0 Å². The normalized spacial score (nSPS) is 23.2. The maximum absolute atomic E-state index is 12.6. The molecule has 2 heterocycles. The third kappa shape index (κ3) is 2.76. The summed E-state index contributed by atoms with van der Waals surface area (Å²) in [4.78, 5) is 4.48. The monoisotopic (exact) mass is 320 g/mol. The van der Waals surface area contributed by atoms with Gasteiger partial charge in [-0.2, -0.15) is 4.98 Å². The first-order chi connectivity index (χ1) is 11.2. The molecule has 1 unspecified atom stereocenters. The van der Waals surface area contributed by atoms with Crippen LogP contribution in [0.2, 0.25) is 0 Å². The minimum absolute atomic E-state index is 0.00940. The number of hydrogen-bond donors (Lipinski definition) is 0. The highest BCUT2D eigenvalue weighted by Crippen LogP contribution is 2.46. The Labute approximate surface area is 132 Å². The van der Waals surface area contributed by atoms with E-state index in [4.69, 9.17) is 9.26 Å². The van der Waals surface area contributed by atoms with Gasteiger partial charge >= 0.3 is 0 Å². The summed E-state index contributed by atoms with van der Waals surface area (Å²) in [5.41, 5.74) is 0.686. The van der Waals surface area contributed by atoms with E-state index in [1.165, 1.54) is 18.6 Å². The maximum atomic E-state index is 12.6. The van der Waals surface area contributed by atoms with E-state index in [1.54, 1.807) is 12.1 Å². The Hall–Kier alpha value is -1.82. The topological polar surface area (TPSA) is 48.2 Å². The number of nitrogens with zero attached hydrogens (tertiary/aromatic N) is 2. The largest absolute Gasteiger partial charge is 0.375 e. The molecule has 0 radical (unpaired) electrons. The Bertz CT molecular complexity index is 680. The molecule has 23 heavy (non-hydrogen) atoms. The summed E-state index contributed by atoms with van der Waals surface area (Å²) in [5, 5.41) is 4.11. The number of ether oxygens (including phenoxy) is 1. The number of benzene rings is 1. The fourth-order valence-electron chi connectivity index (χ4n) is 3.46. The van der Waals surface area contributed by atoms with Crippen LogP contribution in [-0.2, 0) is 4.74 Å². The van der Waals surface area contributed by atoms with Gasteiger partial charge in [-0.3, -0.25) is 0 Å². The van der Waals surface area contributed by atoms with E-state index in [2.05, 4.69) is 10.1 Å². The molecule has 1 spiro atoms. The SMILES string of the molecule is FC(F)c1ccc(-c2nc(C3CCOC4(CCC4)C3)no2)cc1. The van der Waals surface area contributed by atoms with Gasteiger partial charge in [0.2, 0.25) is 0 Å². The average Bonchev–Trinajstić information content (AvgIpc) is 3.03. The van der Waals surface area contributed by atoms with Crippen LogP contribution in [0, 0.1) is 0 Å². The fourth-order valence-corrected chi connectivity index (χ4v) is 3.46. The summed E-state index contributed by atoms with van der Waals surface area (Å²) in [6, 6.07) is 5.97. The minimum atomic E-state index is -2.47. The molecule has 122 valence electrons. The molecule has 6 heteroatoms. The van der Waals surface area contributed by atoms with Crippen molar-refractivity contribution >= 4 is 0 Å². The molecule has 1 aliphatic heterocycles. The fraction of sp³-hybridized carbons (Fsp3) is 0.529. The van der Waals surface area contributed by atoms with Crippen molar-refractivity contribution in [1.29, 1.82) is 0 Å². The van der Waals surface area contributed by atoms with E-state index in [9.17, 15) is 8.78 Å². The first-order valence-corrected chi connectivity index (χ1v) is 8.01. The van der Waals surface area contributed by atoms with Crippen LogP contribution in [0.4, 0.5) is 8.78 Å². The third-order valence-corrected chi connectivity index (χ3v) is 4.97. The van der Waals surface area contributed by atoms with Gasteiger partial charge in [0.15, 0.2) is 5.82 Å². The molecule has 4 rings (SSSR count). The molecule has 1 atom stereocenters. The third-order valence-electron chi connectivity index (χ3n) is 4.97. The second kappa shape index (κ2) is 5.67. The van der Waals surface area contributed by atoms with Crippen molar-refractivity contribution in [1.82, 2.24) is 10.1 Å². The molecule has 1 saturated carbocycles. The molecule has 2 fully saturated rings. The predicted octanol–water partition coefficient (Wildman–Crippen LogP) is 4.49. The highest BCUT2D eigenvalue weighted by molar-refractivity contribution is 5.53. The highest BCUT2D eigenvalue weighted by Gasteiger charge is 2.43. The molecule has 0 N–H and O–H groups in total. The zero-order chi connectivity index (χ0) is 15.9. The summed E-state index contributed by atoms with van der Waals surface area (Å²) in [6.07, 6.45) is 2.82. The molecule has 1 aromatic carbocycles. The Balaban J connectivity index is 1.52. The standard InChI is InChI=1S/C17H18F2N2O2/c18-14(19)11-2-4-12(5-3-11)16-20-15(21-23-16)13-6-9-22-17(10-13)7-1-8-17/h2-5,13-14H,1,6-10H2. The average molecular weight is 320 g/mol. The Kier molecular flexibility index (Phi) is 3.64. The van der Waals surface area contributed by atoms with Crippen LogP contribution in [0.3, 0.4) is 0 Å². The Morgan fingerprint density at radius 2 is 1.96 bits per heavy atom. The van der Waals surface area contributed by atoms with Crippen LogP contribution in [-0.4, -0.2) is 22.3 Å². The van der Waals surface area contributed by atoms with Crippen LogP contribution >= 0.6 is 0 Å². The van der Waals surface area contributed by atoms with Crippen molar-refractivity contribution < 1.29 is 18.0 Å². The summed E-state index contributed by atoms with van der Waals surface area (Å²) in [5.74, 6) is 1.34. The highest BCUT2D eigenvalue weighted by atomic mass is 19.3. The lowest BCUT2D eigenvalue weighted by atomic mass is 9.72. The second-order valence-corrected chi connectivity index (χ2v) is 6.46. The molecule has 1 saturated heterocycles. The van der Waals surface area contributed by atoms with E-state index in [0.717, 1.165) is 32.3 Å². The lowest BCUT2D eigenvalue weighted by molar-refractivity contribution is -0.134. The van der Waals surface area contributed by atoms with E-state index in [1.807, 2.05) is 0 Å². The first-order valence-electron chi connectivity index (χ1n) is 8.01. The van der Waals surface area contributed by atoms with Crippen LogP contribution in [0.15, 0.2) is 28.8 Å². The number of halogens is 2. The molecular formula is C17H18F2N2O2. The van der Waals surface area contributed by atoms with E-state index in [-0.39, 0.29) is 17.1 Å². The summed E-state index contributed by atoms with van der Waals surface area (Å²) in [6.45, 7) is 0.734. The summed E-state index contributed by atoms with van der Waals surface area (Å²) in [7, 11) is 0. The van der Waals surface area contributed by atoms with Gasteiger partial charge in [-0.25, -0.2) is 8.78 Å². The van der Waals surface area contributed by atoms with Gasteiger partial charge in [0.1, 0.15) is 0 Å². The number of aromatic nitrogens is 2. The maximum Gasteiger partial charge on any atom is 0.263 e. The van der Waals surface area contributed by atoms with Crippen LogP contribution < -0.4 is 0 Å². The van der Waals surface area contributed by atoms with Gasteiger partial charge < -0.3 is 9.26 Å². The van der Waals surface area contributed by atoms with Gasteiger partial charge in [0.05, 0.1) is 5.60 Å². The van der Waals surface area contributed by atoms with E-state index < -0.39 is 6.43 Å². The summed E-state index contributed by atoms with van der Waals surface area (Å²) < 4.78 is 36.5. The first kappa shape index (κ1) is 14.8. The Morgan fingerprint density at radius 3 is 2.61 bits per heavy atom. The lowest BCUT2D eigenvalue weighted by Crippen LogP contribution is -2.45. The van der Waals surface area contributed by atoms with Gasteiger partial charge in [0, 0.05) is 23.7 Å². The van der Waals surface area contributed by atoms with Gasteiger partial charge in [-0.05, 0) is 44.2 Å².